The predicted octanol–water partition coefficient (Wildman–Crippen LogP) is 3.93. The summed E-state index contributed by atoms with van der Waals surface area (Å²) in [5.74, 6) is 0. The van der Waals surface area contributed by atoms with E-state index in [-0.39, 0.29) is 10.6 Å². The third-order valence-electron chi connectivity index (χ3n) is 2.54. The molecule has 0 amide bonds. The zero-order chi connectivity index (χ0) is 13.5. The summed E-state index contributed by atoms with van der Waals surface area (Å²) in [6.07, 6.45) is 4.27. The lowest BCUT2D eigenvalue weighted by molar-refractivity contribution is -0.385. The molecule has 0 spiro atoms. The first-order valence-corrected chi connectivity index (χ1v) is 5.49. The Hall–Kier alpha value is -2.33. The second kappa shape index (κ2) is 6.42. The largest absolute Gasteiger partial charge is 0.272 e. The Morgan fingerprint density at radius 1 is 1.44 bits per heavy atom. The van der Waals surface area contributed by atoms with Crippen molar-refractivity contribution in [3.8, 4) is 0 Å². The predicted molar refractivity (Wildman–Crippen MR) is 70.2 cm³/mol. The summed E-state index contributed by atoms with van der Waals surface area (Å²) in [5, 5.41) is 14.2. The highest BCUT2D eigenvalue weighted by Gasteiger charge is 2.11. The van der Waals surface area contributed by atoms with Crippen molar-refractivity contribution in [1.29, 1.82) is 0 Å². The van der Waals surface area contributed by atoms with Gasteiger partial charge in [0.05, 0.1) is 4.92 Å². The molecule has 0 radical (unpaired) electrons. The van der Waals surface area contributed by atoms with Gasteiger partial charge in [0.25, 0.3) is 5.69 Å². The first-order chi connectivity index (χ1) is 8.56. The third kappa shape index (κ3) is 3.61. The minimum Gasteiger partial charge on any atom is -0.258 e. The van der Waals surface area contributed by atoms with Crippen LogP contribution in [0.4, 0.5) is 5.69 Å². The van der Waals surface area contributed by atoms with Crippen LogP contribution in [0.5, 0.6) is 0 Å². The summed E-state index contributed by atoms with van der Waals surface area (Å²) < 4.78 is 0. The van der Waals surface area contributed by atoms with Gasteiger partial charge in [0.2, 0.25) is 0 Å². The molecule has 0 aromatic heterocycles. The molecule has 0 aliphatic rings. The molecule has 94 valence electrons. The molecule has 0 aliphatic carbocycles. The fourth-order valence-electron chi connectivity index (χ4n) is 1.62. The van der Waals surface area contributed by atoms with Crippen molar-refractivity contribution in [1.82, 2.24) is 0 Å². The number of hydrogen-bond acceptors (Lipinski definition) is 3. The van der Waals surface area contributed by atoms with E-state index in [0.717, 1.165) is 11.1 Å². The Bertz CT molecular complexity index is 531. The van der Waals surface area contributed by atoms with Gasteiger partial charge in [-0.3, -0.25) is 10.1 Å². The molecule has 18 heavy (non-hydrogen) atoms. The molecule has 0 heterocycles. The number of nitrogens with zero attached hydrogens (tertiary/aromatic N) is 4. The minimum atomic E-state index is -0.383. The lowest BCUT2D eigenvalue weighted by Gasteiger charge is -2.03. The van der Waals surface area contributed by atoms with Gasteiger partial charge in [0.1, 0.15) is 0 Å². The first kappa shape index (κ1) is 13.7. The number of rotatable bonds is 5. The van der Waals surface area contributed by atoms with E-state index < -0.39 is 0 Å². The number of aryl methyl sites for hydroxylation is 2. The fourth-order valence-corrected chi connectivity index (χ4v) is 1.62. The quantitative estimate of drug-likeness (QED) is 0.196. The standard InChI is InChI=1S/C12H14N4O2/c1-9-7-10(2)12(16(17)18)8-11(9)5-3-4-6-14-15-13/h3,5,7-8H,4,6H2,1-2H3. The molecular weight excluding hydrogens is 232 g/mol. The summed E-state index contributed by atoms with van der Waals surface area (Å²) >= 11 is 0. The lowest BCUT2D eigenvalue weighted by atomic mass is 10.0. The second-order valence-electron chi connectivity index (χ2n) is 3.90. The molecule has 0 N–H and O–H groups in total. The Balaban J connectivity index is 2.91. The monoisotopic (exact) mass is 246 g/mol. The lowest BCUT2D eigenvalue weighted by Crippen LogP contribution is -1.94. The van der Waals surface area contributed by atoms with Crippen LogP contribution in [0.15, 0.2) is 23.3 Å². The average Bonchev–Trinajstić information content (AvgIpc) is 2.30. The van der Waals surface area contributed by atoms with Crippen molar-refractivity contribution < 1.29 is 4.92 Å². The van der Waals surface area contributed by atoms with Crippen LogP contribution in [0, 0.1) is 24.0 Å². The van der Waals surface area contributed by atoms with Crippen molar-refractivity contribution in [3.63, 3.8) is 0 Å². The topological polar surface area (TPSA) is 91.9 Å². The molecule has 1 aromatic carbocycles. The molecule has 1 rings (SSSR count). The Labute approximate surface area is 105 Å². The summed E-state index contributed by atoms with van der Waals surface area (Å²) in [7, 11) is 0. The third-order valence-corrected chi connectivity index (χ3v) is 2.54. The number of benzene rings is 1. The van der Waals surface area contributed by atoms with E-state index in [1.165, 1.54) is 0 Å². The van der Waals surface area contributed by atoms with Crippen LogP contribution in [0.3, 0.4) is 0 Å². The van der Waals surface area contributed by atoms with Crippen LogP contribution in [-0.2, 0) is 0 Å². The molecule has 0 unspecified atom stereocenters. The smallest absolute Gasteiger partial charge is 0.258 e. The van der Waals surface area contributed by atoms with Crippen LogP contribution in [0.25, 0.3) is 16.5 Å². The highest BCUT2D eigenvalue weighted by Crippen LogP contribution is 2.23. The van der Waals surface area contributed by atoms with E-state index in [9.17, 15) is 10.1 Å². The van der Waals surface area contributed by atoms with Crippen molar-refractivity contribution >= 4 is 11.8 Å². The highest BCUT2D eigenvalue weighted by atomic mass is 16.6. The van der Waals surface area contributed by atoms with E-state index in [2.05, 4.69) is 10.0 Å². The zero-order valence-corrected chi connectivity index (χ0v) is 10.3. The van der Waals surface area contributed by atoms with Crippen molar-refractivity contribution in [2.75, 3.05) is 6.54 Å². The number of nitro benzene ring substituents is 1. The molecule has 1 aromatic rings. The van der Waals surface area contributed by atoms with Gasteiger partial charge in [-0.15, -0.1) is 0 Å². The van der Waals surface area contributed by atoms with Crippen LogP contribution in [0.1, 0.15) is 23.1 Å². The van der Waals surface area contributed by atoms with Crippen LogP contribution >= 0.6 is 0 Å². The molecular formula is C12H14N4O2. The normalized spacial score (nSPS) is 10.3. The van der Waals surface area contributed by atoms with Crippen LogP contribution in [0.2, 0.25) is 0 Å². The number of hydrogen-bond donors (Lipinski definition) is 0. The van der Waals surface area contributed by atoms with Gasteiger partial charge >= 0.3 is 0 Å². The first-order valence-electron chi connectivity index (χ1n) is 5.49. The van der Waals surface area contributed by atoms with E-state index in [4.69, 9.17) is 5.53 Å². The van der Waals surface area contributed by atoms with Gasteiger partial charge in [-0.25, -0.2) is 0 Å². The van der Waals surface area contributed by atoms with Gasteiger partial charge in [-0.2, -0.15) is 0 Å². The van der Waals surface area contributed by atoms with Crippen LogP contribution in [-0.4, -0.2) is 11.5 Å². The zero-order valence-electron chi connectivity index (χ0n) is 10.3. The molecule has 0 saturated heterocycles. The molecule has 6 nitrogen and oxygen atoms in total. The van der Waals surface area contributed by atoms with Gasteiger partial charge in [0.15, 0.2) is 0 Å². The van der Waals surface area contributed by atoms with Crippen LogP contribution < -0.4 is 0 Å². The average molecular weight is 246 g/mol. The summed E-state index contributed by atoms with van der Waals surface area (Å²) in [5.41, 5.74) is 10.7. The second-order valence-corrected chi connectivity index (χ2v) is 3.90. The van der Waals surface area contributed by atoms with Gasteiger partial charge in [-0.1, -0.05) is 17.3 Å². The number of azide groups is 1. The van der Waals surface area contributed by atoms with E-state index >= 15 is 0 Å². The summed E-state index contributed by atoms with van der Waals surface area (Å²) in [6, 6.07) is 3.36. The summed E-state index contributed by atoms with van der Waals surface area (Å²) in [6.45, 7) is 4.02. The van der Waals surface area contributed by atoms with Crippen molar-refractivity contribution in [2.45, 2.75) is 20.3 Å². The molecule has 0 aliphatic heterocycles. The Morgan fingerprint density at radius 2 is 2.17 bits per heavy atom. The molecule has 0 bridgehead atoms. The summed E-state index contributed by atoms with van der Waals surface area (Å²) in [4.78, 5) is 13.1. The van der Waals surface area contributed by atoms with Crippen molar-refractivity contribution in [3.05, 3.63) is 55.5 Å². The van der Waals surface area contributed by atoms with Gasteiger partial charge in [0, 0.05) is 23.1 Å². The molecule has 6 heteroatoms. The maximum Gasteiger partial charge on any atom is 0.272 e. The van der Waals surface area contributed by atoms with E-state index in [1.54, 1.807) is 19.1 Å². The fraction of sp³-hybridized carbons (Fsp3) is 0.333. The van der Waals surface area contributed by atoms with Crippen molar-refractivity contribution in [2.24, 2.45) is 5.11 Å². The highest BCUT2D eigenvalue weighted by molar-refractivity contribution is 5.59. The van der Waals surface area contributed by atoms with E-state index in [0.29, 0.717) is 18.5 Å². The Morgan fingerprint density at radius 3 is 2.78 bits per heavy atom. The minimum absolute atomic E-state index is 0.121. The maximum absolute atomic E-state index is 10.8. The molecule has 0 atom stereocenters. The van der Waals surface area contributed by atoms with Gasteiger partial charge in [-0.05, 0) is 43.0 Å². The van der Waals surface area contributed by atoms with Gasteiger partial charge < -0.3 is 0 Å². The van der Waals surface area contributed by atoms with E-state index in [1.807, 2.05) is 19.1 Å². The SMILES string of the molecule is Cc1cc(C)c([N+](=O)[O-])cc1C=CCCN=[N+]=[N-]. The number of nitro groups is 1. The Kier molecular flexibility index (Phi) is 4.90. The molecule has 0 fully saturated rings. The molecule has 0 saturated carbocycles. The maximum atomic E-state index is 10.8.